The van der Waals surface area contributed by atoms with Crippen LogP contribution in [-0.4, -0.2) is 18.5 Å². The van der Waals surface area contributed by atoms with Gasteiger partial charge in [0.05, 0.1) is 12.2 Å². The lowest BCUT2D eigenvalue weighted by Gasteiger charge is -2.06. The number of hydrogen-bond donors (Lipinski definition) is 1. The first kappa shape index (κ1) is 21.1. The minimum Gasteiger partial charge on any atom is -0.462 e. The van der Waals surface area contributed by atoms with Gasteiger partial charge in [-0.1, -0.05) is 28.1 Å². The minimum absolute atomic E-state index is 0.110. The average molecular weight is 465 g/mol. The van der Waals surface area contributed by atoms with Gasteiger partial charge in [0, 0.05) is 21.8 Å². The van der Waals surface area contributed by atoms with Gasteiger partial charge in [-0.2, -0.15) is 5.26 Å². The number of benzene rings is 2. The zero-order valence-electron chi connectivity index (χ0n) is 16.0. The van der Waals surface area contributed by atoms with E-state index in [4.69, 9.17) is 9.15 Å². The van der Waals surface area contributed by atoms with Crippen molar-refractivity contribution >= 4 is 39.6 Å². The Morgan fingerprint density at radius 3 is 2.43 bits per heavy atom. The lowest BCUT2D eigenvalue weighted by molar-refractivity contribution is -0.112. The second-order valence-corrected chi connectivity index (χ2v) is 7.05. The van der Waals surface area contributed by atoms with E-state index in [-0.39, 0.29) is 12.2 Å². The Bertz CT molecular complexity index is 1120. The third-order valence-electron chi connectivity index (χ3n) is 4.06. The molecule has 30 heavy (non-hydrogen) atoms. The number of esters is 1. The van der Waals surface area contributed by atoms with E-state index in [0.29, 0.717) is 22.8 Å². The van der Waals surface area contributed by atoms with Gasteiger partial charge in [0.1, 0.15) is 23.2 Å². The SMILES string of the molecule is CCOC(=O)c1ccc(NC(=O)/C(C#N)=C/c2ccc(-c3ccc(Br)cc3)o2)cc1. The van der Waals surface area contributed by atoms with Crippen molar-refractivity contribution in [3.05, 3.63) is 82.0 Å². The predicted molar refractivity (Wildman–Crippen MR) is 116 cm³/mol. The highest BCUT2D eigenvalue weighted by Gasteiger charge is 2.12. The van der Waals surface area contributed by atoms with E-state index in [9.17, 15) is 14.9 Å². The molecule has 1 N–H and O–H groups in total. The highest BCUT2D eigenvalue weighted by Crippen LogP contribution is 2.25. The first-order valence-electron chi connectivity index (χ1n) is 9.06. The van der Waals surface area contributed by atoms with Crippen LogP contribution in [0.25, 0.3) is 17.4 Å². The molecular formula is C23H17BrN2O4. The molecule has 0 bridgehead atoms. The fourth-order valence-corrected chi connectivity index (χ4v) is 2.86. The number of amides is 1. The van der Waals surface area contributed by atoms with Crippen LogP contribution in [0.4, 0.5) is 5.69 Å². The molecule has 2 aromatic carbocycles. The zero-order chi connectivity index (χ0) is 21.5. The van der Waals surface area contributed by atoms with Crippen LogP contribution in [0.3, 0.4) is 0 Å². The lowest BCUT2D eigenvalue weighted by Crippen LogP contribution is -2.13. The van der Waals surface area contributed by atoms with Crippen LogP contribution in [0.15, 0.2) is 75.1 Å². The first-order valence-corrected chi connectivity index (χ1v) is 9.85. The number of hydrogen-bond acceptors (Lipinski definition) is 5. The molecule has 0 atom stereocenters. The van der Waals surface area contributed by atoms with Gasteiger partial charge in [-0.05, 0) is 55.5 Å². The fraction of sp³-hybridized carbons (Fsp3) is 0.0870. The van der Waals surface area contributed by atoms with E-state index in [1.165, 1.54) is 6.08 Å². The average Bonchev–Trinajstić information content (AvgIpc) is 3.21. The van der Waals surface area contributed by atoms with Gasteiger partial charge in [-0.15, -0.1) is 0 Å². The molecule has 1 heterocycles. The van der Waals surface area contributed by atoms with Gasteiger partial charge < -0.3 is 14.5 Å². The number of carbonyl (C=O) groups is 2. The van der Waals surface area contributed by atoms with Crippen molar-refractivity contribution in [2.24, 2.45) is 0 Å². The van der Waals surface area contributed by atoms with Crippen molar-refractivity contribution in [2.45, 2.75) is 6.92 Å². The predicted octanol–water partition coefficient (Wildman–Crippen LogP) is 5.43. The minimum atomic E-state index is -0.581. The molecule has 6 nitrogen and oxygen atoms in total. The number of rotatable bonds is 6. The molecule has 0 saturated carbocycles. The van der Waals surface area contributed by atoms with E-state index < -0.39 is 11.9 Å². The summed E-state index contributed by atoms with van der Waals surface area (Å²) in [5.41, 5.74) is 1.59. The number of furan rings is 1. The van der Waals surface area contributed by atoms with Gasteiger partial charge in [0.2, 0.25) is 0 Å². The molecular weight excluding hydrogens is 448 g/mol. The van der Waals surface area contributed by atoms with Crippen molar-refractivity contribution in [2.75, 3.05) is 11.9 Å². The Morgan fingerprint density at radius 2 is 1.80 bits per heavy atom. The summed E-state index contributed by atoms with van der Waals surface area (Å²) in [6, 6.07) is 19.2. The maximum absolute atomic E-state index is 12.4. The summed E-state index contributed by atoms with van der Waals surface area (Å²) in [6.45, 7) is 2.01. The summed E-state index contributed by atoms with van der Waals surface area (Å²) < 4.78 is 11.6. The van der Waals surface area contributed by atoms with Crippen LogP contribution in [0.5, 0.6) is 0 Å². The zero-order valence-corrected chi connectivity index (χ0v) is 17.6. The maximum Gasteiger partial charge on any atom is 0.338 e. The molecule has 0 aliphatic carbocycles. The molecule has 0 aliphatic rings. The van der Waals surface area contributed by atoms with Crippen LogP contribution in [0.2, 0.25) is 0 Å². The third kappa shape index (κ3) is 5.25. The van der Waals surface area contributed by atoms with Crippen LogP contribution < -0.4 is 5.32 Å². The molecule has 150 valence electrons. The number of halogens is 1. The van der Waals surface area contributed by atoms with Crippen LogP contribution in [0.1, 0.15) is 23.0 Å². The molecule has 1 aromatic heterocycles. The number of nitrogens with one attached hydrogen (secondary N) is 1. The van der Waals surface area contributed by atoms with Gasteiger partial charge in [0.25, 0.3) is 5.91 Å². The lowest BCUT2D eigenvalue weighted by atomic mass is 10.2. The Morgan fingerprint density at radius 1 is 1.10 bits per heavy atom. The maximum atomic E-state index is 12.4. The highest BCUT2D eigenvalue weighted by molar-refractivity contribution is 9.10. The molecule has 0 spiro atoms. The molecule has 1 amide bonds. The molecule has 0 aliphatic heterocycles. The monoisotopic (exact) mass is 464 g/mol. The Hall–Kier alpha value is -3.63. The largest absolute Gasteiger partial charge is 0.462 e. The summed E-state index contributed by atoms with van der Waals surface area (Å²) in [7, 11) is 0. The summed E-state index contributed by atoms with van der Waals surface area (Å²) in [5, 5.41) is 12.0. The summed E-state index contributed by atoms with van der Waals surface area (Å²) >= 11 is 3.38. The molecule has 3 aromatic rings. The molecule has 0 unspecified atom stereocenters. The van der Waals surface area contributed by atoms with Gasteiger partial charge >= 0.3 is 5.97 Å². The van der Waals surface area contributed by atoms with E-state index in [1.807, 2.05) is 30.3 Å². The Balaban J connectivity index is 1.72. The summed E-state index contributed by atoms with van der Waals surface area (Å²) in [6.07, 6.45) is 1.38. The normalized spacial score (nSPS) is 10.9. The summed E-state index contributed by atoms with van der Waals surface area (Å²) in [5.74, 6) is -0.00589. The van der Waals surface area contributed by atoms with Crippen molar-refractivity contribution < 1.29 is 18.7 Å². The number of anilines is 1. The van der Waals surface area contributed by atoms with Crippen molar-refractivity contribution in [1.82, 2.24) is 0 Å². The Labute approximate surface area is 181 Å². The quantitative estimate of drug-likeness (QED) is 0.298. The second kappa shape index (κ2) is 9.72. The van der Waals surface area contributed by atoms with E-state index >= 15 is 0 Å². The standard InChI is InChI=1S/C23H17BrN2O4/c1-2-29-23(28)16-5-9-19(10-6-16)26-22(27)17(14-25)13-20-11-12-21(30-20)15-3-7-18(24)8-4-15/h3-13H,2H2,1H3,(H,26,27)/b17-13+. The number of carbonyl (C=O) groups excluding carboxylic acids is 2. The van der Waals surface area contributed by atoms with Gasteiger partial charge in [-0.3, -0.25) is 4.79 Å². The smallest absolute Gasteiger partial charge is 0.338 e. The Kier molecular flexibility index (Phi) is 6.83. The van der Waals surface area contributed by atoms with E-state index in [1.54, 1.807) is 43.3 Å². The molecule has 7 heteroatoms. The van der Waals surface area contributed by atoms with Crippen molar-refractivity contribution in [1.29, 1.82) is 5.26 Å². The van der Waals surface area contributed by atoms with Crippen LogP contribution >= 0.6 is 15.9 Å². The fourth-order valence-electron chi connectivity index (χ4n) is 2.59. The summed E-state index contributed by atoms with van der Waals surface area (Å²) in [4.78, 5) is 24.1. The topological polar surface area (TPSA) is 92.3 Å². The second-order valence-electron chi connectivity index (χ2n) is 6.13. The number of nitrogens with zero attached hydrogens (tertiary/aromatic N) is 1. The number of ether oxygens (including phenoxy) is 1. The van der Waals surface area contributed by atoms with Crippen molar-refractivity contribution in [3.8, 4) is 17.4 Å². The molecule has 0 saturated heterocycles. The molecule has 3 rings (SSSR count). The molecule has 0 radical (unpaired) electrons. The van der Waals surface area contributed by atoms with E-state index in [0.717, 1.165) is 10.0 Å². The van der Waals surface area contributed by atoms with Gasteiger partial charge in [-0.25, -0.2) is 4.79 Å². The van der Waals surface area contributed by atoms with Gasteiger partial charge in [0.15, 0.2) is 0 Å². The van der Waals surface area contributed by atoms with E-state index in [2.05, 4.69) is 21.2 Å². The van der Waals surface area contributed by atoms with Crippen LogP contribution in [0, 0.1) is 11.3 Å². The molecule has 0 fully saturated rings. The van der Waals surface area contributed by atoms with Crippen molar-refractivity contribution in [3.63, 3.8) is 0 Å². The first-order chi connectivity index (χ1) is 14.5. The highest BCUT2D eigenvalue weighted by atomic mass is 79.9. The third-order valence-corrected chi connectivity index (χ3v) is 4.59. The van der Waals surface area contributed by atoms with Crippen LogP contribution in [-0.2, 0) is 9.53 Å². The number of nitriles is 1.